The Balaban J connectivity index is 1.76. The molecule has 0 radical (unpaired) electrons. The Morgan fingerprint density at radius 1 is 1.24 bits per heavy atom. The fourth-order valence-corrected chi connectivity index (χ4v) is 5.25. The maximum Gasteiger partial charge on any atom is 0.336 e. The van der Waals surface area contributed by atoms with E-state index in [4.69, 9.17) is 5.11 Å². The van der Waals surface area contributed by atoms with E-state index in [1.165, 1.54) is 11.4 Å². The molecule has 1 saturated heterocycles. The van der Waals surface area contributed by atoms with Crippen molar-refractivity contribution in [3.05, 3.63) is 52.9 Å². The Labute approximate surface area is 151 Å². The van der Waals surface area contributed by atoms with E-state index in [0.29, 0.717) is 0 Å². The van der Waals surface area contributed by atoms with Crippen molar-refractivity contribution in [2.24, 2.45) is 0 Å². The minimum atomic E-state index is -3.73. The molecule has 1 atom stereocenters. The van der Waals surface area contributed by atoms with Gasteiger partial charge in [-0.05, 0) is 37.6 Å². The molecule has 6 nitrogen and oxygen atoms in total. The van der Waals surface area contributed by atoms with Gasteiger partial charge in [0.25, 0.3) is 0 Å². The van der Waals surface area contributed by atoms with Crippen LogP contribution in [0, 0.1) is 0 Å². The summed E-state index contributed by atoms with van der Waals surface area (Å²) in [5.41, 5.74) is 1.06. The maximum atomic E-state index is 12.5. The maximum absolute atomic E-state index is 12.5. The van der Waals surface area contributed by atoms with Crippen LogP contribution in [-0.2, 0) is 10.0 Å². The molecule has 1 aliphatic rings. The number of rotatable bonds is 7. The highest BCUT2D eigenvalue weighted by molar-refractivity contribution is 7.91. The minimum absolute atomic E-state index is 0.00970. The lowest BCUT2D eigenvalue weighted by Crippen LogP contribution is -2.36. The number of nitrogens with zero attached hydrogens (tertiary/aromatic N) is 1. The Morgan fingerprint density at radius 3 is 2.52 bits per heavy atom. The topological polar surface area (TPSA) is 86.7 Å². The highest BCUT2D eigenvalue weighted by Gasteiger charge is 2.26. The lowest BCUT2D eigenvalue weighted by Gasteiger charge is -2.28. The first-order valence-electron chi connectivity index (χ1n) is 8.08. The van der Waals surface area contributed by atoms with Gasteiger partial charge in [-0.2, -0.15) is 0 Å². The fraction of sp³-hybridized carbons (Fsp3) is 0.353. The Morgan fingerprint density at radius 2 is 1.92 bits per heavy atom. The molecule has 0 spiro atoms. The molecule has 134 valence electrons. The Bertz CT molecular complexity index is 827. The molecule has 1 aliphatic heterocycles. The molecular weight excluding hydrogens is 360 g/mol. The highest BCUT2D eigenvalue weighted by atomic mass is 32.2. The summed E-state index contributed by atoms with van der Waals surface area (Å²) in [6.45, 7) is 2.15. The lowest BCUT2D eigenvalue weighted by molar-refractivity contribution is 0.0697. The quantitative estimate of drug-likeness (QED) is 0.771. The second-order valence-electron chi connectivity index (χ2n) is 5.98. The van der Waals surface area contributed by atoms with E-state index in [-0.39, 0.29) is 22.4 Å². The van der Waals surface area contributed by atoms with Gasteiger partial charge in [0.15, 0.2) is 0 Å². The van der Waals surface area contributed by atoms with E-state index in [1.807, 2.05) is 30.3 Å². The number of hydrogen-bond acceptors (Lipinski definition) is 5. The van der Waals surface area contributed by atoms with Crippen LogP contribution in [0.4, 0.5) is 0 Å². The molecular formula is C17H20N2O4S2. The molecule has 0 unspecified atom stereocenters. The van der Waals surface area contributed by atoms with Crippen LogP contribution in [0.3, 0.4) is 0 Å². The average molecular weight is 380 g/mol. The third kappa shape index (κ3) is 4.27. The first-order chi connectivity index (χ1) is 12.0. The fourth-order valence-electron chi connectivity index (χ4n) is 3.02. The molecule has 0 saturated carbocycles. The SMILES string of the molecule is O=C(O)c1csc(S(=O)(=O)NC[C@@H](c2ccccc2)N2CCCC2)c1. The molecule has 2 heterocycles. The number of carboxylic acid groups (broad SMARTS) is 1. The van der Waals surface area contributed by atoms with Crippen molar-refractivity contribution < 1.29 is 18.3 Å². The number of sulfonamides is 1. The predicted molar refractivity (Wildman–Crippen MR) is 96.5 cm³/mol. The third-order valence-electron chi connectivity index (χ3n) is 4.32. The number of likely N-dealkylation sites (tertiary alicyclic amines) is 1. The summed E-state index contributed by atoms with van der Waals surface area (Å²) in [4.78, 5) is 13.2. The van der Waals surface area contributed by atoms with E-state index in [2.05, 4.69) is 9.62 Å². The van der Waals surface area contributed by atoms with Crippen LogP contribution in [-0.4, -0.2) is 44.0 Å². The van der Waals surface area contributed by atoms with Gasteiger partial charge >= 0.3 is 5.97 Å². The second kappa shape index (κ2) is 7.65. The summed E-state index contributed by atoms with van der Waals surface area (Å²) in [6, 6.07) is 11.0. The average Bonchev–Trinajstić information content (AvgIpc) is 3.28. The van der Waals surface area contributed by atoms with E-state index < -0.39 is 16.0 Å². The number of benzene rings is 1. The molecule has 0 aliphatic carbocycles. The van der Waals surface area contributed by atoms with Crippen molar-refractivity contribution in [1.82, 2.24) is 9.62 Å². The standard InChI is InChI=1S/C17H20N2O4S2/c20-17(21)14-10-16(24-12-14)25(22,23)18-11-15(19-8-4-5-9-19)13-6-2-1-3-7-13/h1-3,6-7,10,12,15,18H,4-5,8-9,11H2,(H,20,21)/t15-/m0/s1. The van der Waals surface area contributed by atoms with Crippen molar-refractivity contribution in [2.75, 3.05) is 19.6 Å². The van der Waals surface area contributed by atoms with Gasteiger partial charge in [0.05, 0.1) is 5.56 Å². The molecule has 2 aromatic rings. The third-order valence-corrected chi connectivity index (χ3v) is 7.18. The number of aromatic carboxylic acids is 1. The van der Waals surface area contributed by atoms with Crippen LogP contribution in [0.25, 0.3) is 0 Å². The first kappa shape index (κ1) is 18.1. The number of thiophene rings is 1. The van der Waals surface area contributed by atoms with Crippen LogP contribution in [0.2, 0.25) is 0 Å². The molecule has 1 aromatic heterocycles. The zero-order chi connectivity index (χ0) is 17.9. The zero-order valence-electron chi connectivity index (χ0n) is 13.6. The van der Waals surface area contributed by atoms with Crippen LogP contribution >= 0.6 is 11.3 Å². The van der Waals surface area contributed by atoms with Gasteiger partial charge in [0, 0.05) is 18.0 Å². The summed E-state index contributed by atoms with van der Waals surface area (Å²) in [5, 5.41) is 10.3. The highest BCUT2D eigenvalue weighted by Crippen LogP contribution is 2.26. The number of hydrogen-bond donors (Lipinski definition) is 2. The molecule has 2 N–H and O–H groups in total. The summed E-state index contributed by atoms with van der Waals surface area (Å²) < 4.78 is 27.7. The molecule has 0 amide bonds. The van der Waals surface area contributed by atoms with Gasteiger partial charge in [-0.15, -0.1) is 11.3 Å². The van der Waals surface area contributed by atoms with E-state index in [1.54, 1.807) is 0 Å². The van der Waals surface area contributed by atoms with Gasteiger partial charge < -0.3 is 5.11 Å². The number of carboxylic acids is 1. The molecule has 0 bridgehead atoms. The van der Waals surface area contributed by atoms with Gasteiger partial charge in [0.1, 0.15) is 4.21 Å². The minimum Gasteiger partial charge on any atom is -0.478 e. The van der Waals surface area contributed by atoms with Crippen LogP contribution in [0.15, 0.2) is 46.0 Å². The zero-order valence-corrected chi connectivity index (χ0v) is 15.2. The van der Waals surface area contributed by atoms with Gasteiger partial charge in [-0.3, -0.25) is 4.90 Å². The smallest absolute Gasteiger partial charge is 0.336 e. The molecule has 3 rings (SSSR count). The van der Waals surface area contributed by atoms with Crippen molar-refractivity contribution in [2.45, 2.75) is 23.1 Å². The summed E-state index contributed by atoms with van der Waals surface area (Å²) in [7, 11) is -3.73. The van der Waals surface area contributed by atoms with Gasteiger partial charge in [-0.25, -0.2) is 17.9 Å². The lowest BCUT2D eigenvalue weighted by atomic mass is 10.1. The largest absolute Gasteiger partial charge is 0.478 e. The number of nitrogens with one attached hydrogen (secondary N) is 1. The molecule has 8 heteroatoms. The summed E-state index contributed by atoms with van der Waals surface area (Å²) in [5.74, 6) is -1.13. The Hall–Kier alpha value is -1.74. The van der Waals surface area contributed by atoms with E-state index >= 15 is 0 Å². The van der Waals surface area contributed by atoms with Crippen molar-refractivity contribution in [3.8, 4) is 0 Å². The van der Waals surface area contributed by atoms with Crippen LogP contribution in [0.1, 0.15) is 34.8 Å². The Kier molecular flexibility index (Phi) is 5.53. The summed E-state index contributed by atoms with van der Waals surface area (Å²) in [6.07, 6.45) is 2.23. The van der Waals surface area contributed by atoms with Gasteiger partial charge in [0.2, 0.25) is 10.0 Å². The molecule has 25 heavy (non-hydrogen) atoms. The number of carbonyl (C=O) groups is 1. The first-order valence-corrected chi connectivity index (χ1v) is 10.4. The molecule has 1 aromatic carbocycles. The normalized spacial score (nSPS) is 16.8. The second-order valence-corrected chi connectivity index (χ2v) is 8.89. The van der Waals surface area contributed by atoms with Crippen molar-refractivity contribution in [3.63, 3.8) is 0 Å². The van der Waals surface area contributed by atoms with Crippen LogP contribution < -0.4 is 4.72 Å². The van der Waals surface area contributed by atoms with E-state index in [0.717, 1.165) is 42.8 Å². The summed E-state index contributed by atoms with van der Waals surface area (Å²) >= 11 is 0.920. The van der Waals surface area contributed by atoms with Gasteiger partial charge in [-0.1, -0.05) is 30.3 Å². The van der Waals surface area contributed by atoms with Crippen LogP contribution in [0.5, 0.6) is 0 Å². The van der Waals surface area contributed by atoms with Crippen molar-refractivity contribution >= 4 is 27.3 Å². The van der Waals surface area contributed by atoms with Crippen molar-refractivity contribution in [1.29, 1.82) is 0 Å². The monoisotopic (exact) mass is 380 g/mol. The predicted octanol–water partition coefficient (Wildman–Crippen LogP) is 2.56. The van der Waals surface area contributed by atoms with E-state index in [9.17, 15) is 13.2 Å². The molecule has 1 fully saturated rings.